The summed E-state index contributed by atoms with van der Waals surface area (Å²) < 4.78 is 5.96. The summed E-state index contributed by atoms with van der Waals surface area (Å²) in [6.45, 7) is 5.19. The summed E-state index contributed by atoms with van der Waals surface area (Å²) in [5, 5.41) is 5.41. The average molecular weight is 436 g/mol. The van der Waals surface area contributed by atoms with Gasteiger partial charge in [-0.2, -0.15) is 0 Å². The van der Waals surface area contributed by atoms with Crippen molar-refractivity contribution < 1.29 is 9.32 Å². The van der Waals surface area contributed by atoms with Crippen LogP contribution in [0.4, 0.5) is 17.1 Å². The maximum absolute atomic E-state index is 13.9. The Bertz CT molecular complexity index is 1430. The van der Waals surface area contributed by atoms with Crippen molar-refractivity contribution in [2.45, 2.75) is 26.2 Å². The number of benzene rings is 3. The van der Waals surface area contributed by atoms with Crippen molar-refractivity contribution in [3.63, 3.8) is 0 Å². The van der Waals surface area contributed by atoms with Crippen LogP contribution in [0, 0.1) is 5.92 Å². The molecule has 2 aliphatic heterocycles. The fourth-order valence-electron chi connectivity index (χ4n) is 5.81. The second-order valence-electron chi connectivity index (χ2n) is 9.60. The zero-order valence-corrected chi connectivity index (χ0v) is 18.7. The number of fused-ring (bicyclic) bond motifs is 3. The van der Waals surface area contributed by atoms with Gasteiger partial charge in [0.25, 0.3) is 0 Å². The fraction of sp³-hybridized carbons (Fsp3) is 0.286. The number of aromatic nitrogens is 1. The minimum Gasteiger partial charge on any atom is -0.370 e. The Morgan fingerprint density at radius 3 is 2.52 bits per heavy atom. The summed E-state index contributed by atoms with van der Waals surface area (Å²) in [7, 11) is 0. The maximum atomic E-state index is 13.9. The van der Waals surface area contributed by atoms with Crippen LogP contribution in [0.15, 0.2) is 59.1 Å². The molecule has 3 heterocycles. The molecule has 1 fully saturated rings. The Hall–Kier alpha value is -3.60. The lowest BCUT2D eigenvalue weighted by Gasteiger charge is -2.34. The average Bonchev–Trinajstić information content (AvgIpc) is 3.48. The summed E-state index contributed by atoms with van der Waals surface area (Å²) in [6, 6.07) is 18.5. The Morgan fingerprint density at radius 2 is 1.67 bits per heavy atom. The molecule has 5 heteroatoms. The van der Waals surface area contributed by atoms with Gasteiger partial charge in [-0.05, 0) is 42.9 Å². The molecule has 7 rings (SSSR count). The van der Waals surface area contributed by atoms with Crippen LogP contribution < -0.4 is 9.80 Å². The highest BCUT2D eigenvalue weighted by Crippen LogP contribution is 2.49. The largest absolute Gasteiger partial charge is 0.370 e. The van der Waals surface area contributed by atoms with Gasteiger partial charge in [0.05, 0.1) is 22.3 Å². The van der Waals surface area contributed by atoms with Crippen molar-refractivity contribution in [2.75, 3.05) is 29.4 Å². The third-order valence-corrected chi connectivity index (χ3v) is 7.66. The Kier molecular flexibility index (Phi) is 3.98. The van der Waals surface area contributed by atoms with Crippen LogP contribution in [0.1, 0.15) is 41.3 Å². The highest BCUT2D eigenvalue weighted by Gasteiger charge is 2.36. The number of nitrogens with zero attached hydrogens (tertiary/aromatic N) is 3. The highest BCUT2D eigenvalue weighted by atomic mass is 16.5. The van der Waals surface area contributed by atoms with E-state index in [1.807, 2.05) is 24.3 Å². The molecule has 0 radical (unpaired) electrons. The number of para-hydroxylation sites is 1. The third-order valence-electron chi connectivity index (χ3n) is 7.66. The summed E-state index contributed by atoms with van der Waals surface area (Å²) in [5.74, 6) is 1.52. The number of carbonyl (C=O) groups is 1. The Balaban J connectivity index is 1.52. The van der Waals surface area contributed by atoms with Crippen molar-refractivity contribution in [1.82, 2.24) is 5.16 Å². The molecule has 164 valence electrons. The first-order valence-corrected chi connectivity index (χ1v) is 11.9. The minimum absolute atomic E-state index is 0.0597. The number of rotatable bonds is 2. The van der Waals surface area contributed by atoms with E-state index in [1.54, 1.807) is 0 Å². The smallest absolute Gasteiger partial charge is 0.196 e. The molecule has 0 amide bonds. The van der Waals surface area contributed by atoms with Crippen molar-refractivity contribution in [3.05, 3.63) is 71.3 Å². The molecule has 0 unspecified atom stereocenters. The van der Waals surface area contributed by atoms with Gasteiger partial charge in [-0.15, -0.1) is 0 Å². The molecule has 33 heavy (non-hydrogen) atoms. The molecule has 0 spiro atoms. The first kappa shape index (κ1) is 18.9. The molecule has 0 bridgehead atoms. The number of hydrogen-bond donors (Lipinski definition) is 0. The fourth-order valence-corrected chi connectivity index (χ4v) is 5.81. The topological polar surface area (TPSA) is 49.6 Å². The molecular weight excluding hydrogens is 410 g/mol. The molecule has 3 aliphatic rings. The summed E-state index contributed by atoms with van der Waals surface area (Å²) >= 11 is 0. The Labute approximate surface area is 192 Å². The third kappa shape index (κ3) is 2.65. The van der Waals surface area contributed by atoms with Gasteiger partial charge < -0.3 is 14.3 Å². The van der Waals surface area contributed by atoms with Crippen LogP contribution in [0.2, 0.25) is 0 Å². The molecule has 3 aromatic carbocycles. The van der Waals surface area contributed by atoms with E-state index in [0.29, 0.717) is 5.56 Å². The molecular formula is C28H25N3O2. The molecule has 0 atom stereocenters. The van der Waals surface area contributed by atoms with Crippen LogP contribution in [0.25, 0.3) is 22.2 Å². The van der Waals surface area contributed by atoms with Crippen LogP contribution in [0.3, 0.4) is 0 Å². The predicted octanol–water partition coefficient (Wildman–Crippen LogP) is 5.97. The quantitative estimate of drug-likeness (QED) is 0.342. The van der Waals surface area contributed by atoms with Gasteiger partial charge in [0.1, 0.15) is 5.52 Å². The van der Waals surface area contributed by atoms with Crippen LogP contribution >= 0.6 is 0 Å². The van der Waals surface area contributed by atoms with Gasteiger partial charge in [-0.25, -0.2) is 0 Å². The number of ketones is 1. The van der Waals surface area contributed by atoms with Crippen LogP contribution in [-0.4, -0.2) is 30.6 Å². The van der Waals surface area contributed by atoms with E-state index in [0.717, 1.165) is 84.0 Å². The first-order chi connectivity index (χ1) is 16.2. The van der Waals surface area contributed by atoms with Gasteiger partial charge >= 0.3 is 0 Å². The minimum atomic E-state index is 0.0597. The van der Waals surface area contributed by atoms with E-state index in [2.05, 4.69) is 52.2 Å². The van der Waals surface area contributed by atoms with E-state index in [1.165, 1.54) is 11.3 Å². The van der Waals surface area contributed by atoms with Gasteiger partial charge in [0.2, 0.25) is 0 Å². The second-order valence-corrected chi connectivity index (χ2v) is 9.60. The molecule has 1 aromatic heterocycles. The molecule has 1 aliphatic carbocycles. The first-order valence-electron chi connectivity index (χ1n) is 11.9. The SMILES string of the molecule is CC1CCN(c2cc(N3CCc4ccccc43)c3c4c(onc24)-c2ccccc2C3=O)CC1. The normalized spacial score (nSPS) is 17.5. The number of hydrogen-bond acceptors (Lipinski definition) is 5. The van der Waals surface area contributed by atoms with Crippen molar-refractivity contribution in [2.24, 2.45) is 5.92 Å². The number of piperidine rings is 1. The van der Waals surface area contributed by atoms with E-state index in [9.17, 15) is 4.79 Å². The second kappa shape index (κ2) is 6.95. The maximum Gasteiger partial charge on any atom is 0.196 e. The van der Waals surface area contributed by atoms with Crippen LogP contribution in [-0.2, 0) is 6.42 Å². The van der Waals surface area contributed by atoms with Crippen molar-refractivity contribution in [1.29, 1.82) is 0 Å². The summed E-state index contributed by atoms with van der Waals surface area (Å²) in [6.07, 6.45) is 3.31. The lowest BCUT2D eigenvalue weighted by atomic mass is 9.86. The Morgan fingerprint density at radius 1 is 0.909 bits per heavy atom. The molecule has 0 saturated carbocycles. The number of carbonyl (C=O) groups excluding carboxylic acids is 1. The highest BCUT2D eigenvalue weighted by molar-refractivity contribution is 6.29. The molecule has 4 aromatic rings. The zero-order valence-electron chi connectivity index (χ0n) is 18.7. The summed E-state index contributed by atoms with van der Waals surface area (Å²) in [4.78, 5) is 18.7. The monoisotopic (exact) mass is 435 g/mol. The zero-order chi connectivity index (χ0) is 22.1. The van der Waals surface area contributed by atoms with E-state index < -0.39 is 0 Å². The molecule has 5 nitrogen and oxygen atoms in total. The van der Waals surface area contributed by atoms with Gasteiger partial charge in [0.15, 0.2) is 11.5 Å². The number of anilines is 3. The molecule has 1 saturated heterocycles. The lowest BCUT2D eigenvalue weighted by molar-refractivity contribution is 0.104. The van der Waals surface area contributed by atoms with Gasteiger partial charge in [-0.3, -0.25) is 4.79 Å². The van der Waals surface area contributed by atoms with Crippen molar-refractivity contribution in [3.8, 4) is 11.3 Å². The summed E-state index contributed by atoms with van der Waals surface area (Å²) in [5.41, 5.74) is 7.65. The molecule has 0 N–H and O–H groups in total. The standard InChI is InChI=1S/C28H25N3O2/c1-17-10-13-30(14-11-17)23-16-22(31-15-12-18-6-2-5-9-21(18)31)24-25-26(23)29-33-28(25)20-8-4-3-7-19(20)27(24)32/h2-9,16-17H,10-15H2,1H3. The predicted molar refractivity (Wildman–Crippen MR) is 131 cm³/mol. The van der Waals surface area contributed by atoms with Gasteiger partial charge in [0, 0.05) is 36.4 Å². The van der Waals surface area contributed by atoms with Crippen molar-refractivity contribution >= 4 is 33.7 Å². The van der Waals surface area contributed by atoms with E-state index in [-0.39, 0.29) is 5.78 Å². The van der Waals surface area contributed by atoms with Gasteiger partial charge in [-0.1, -0.05) is 54.5 Å². The van der Waals surface area contributed by atoms with E-state index in [4.69, 9.17) is 4.52 Å². The van der Waals surface area contributed by atoms with E-state index >= 15 is 0 Å². The lowest BCUT2D eigenvalue weighted by Crippen LogP contribution is -2.33. The van der Waals surface area contributed by atoms with Crippen LogP contribution in [0.5, 0.6) is 0 Å².